The molecule has 0 unspecified atom stereocenters. The molecular formula is C15H25NSSi. The molecule has 1 aromatic rings. The number of hydrogen-bond acceptors (Lipinski definition) is 1. The first kappa shape index (κ1) is 15.4. The summed E-state index contributed by atoms with van der Waals surface area (Å²) in [5.74, 6) is 0. The molecule has 0 aliphatic carbocycles. The van der Waals surface area contributed by atoms with Crippen molar-refractivity contribution >= 4 is 25.3 Å². The summed E-state index contributed by atoms with van der Waals surface area (Å²) in [4.78, 5) is 1.02. The van der Waals surface area contributed by atoms with Gasteiger partial charge in [0.25, 0.3) is 0 Å². The molecule has 0 saturated heterocycles. The standard InChI is InChI=1S/C15H25NSSi/c1-15(2,3)18(4,5)12-14(17)16-11-13-9-7-6-8-10-13/h6-10H,11-12H2,1-5H3,(H,16,17). The van der Waals surface area contributed by atoms with Gasteiger partial charge in [-0.05, 0) is 16.6 Å². The summed E-state index contributed by atoms with van der Waals surface area (Å²) in [6.07, 6.45) is 0. The molecule has 0 radical (unpaired) electrons. The lowest BCUT2D eigenvalue weighted by atomic mass is 10.2. The monoisotopic (exact) mass is 279 g/mol. The van der Waals surface area contributed by atoms with Gasteiger partial charge in [0, 0.05) is 6.54 Å². The lowest BCUT2D eigenvalue weighted by molar-refractivity contribution is 0.719. The molecule has 1 nitrogen and oxygen atoms in total. The summed E-state index contributed by atoms with van der Waals surface area (Å²) in [6, 6.07) is 11.5. The highest BCUT2D eigenvalue weighted by molar-refractivity contribution is 7.80. The Labute approximate surface area is 118 Å². The second-order valence-corrected chi connectivity index (χ2v) is 12.7. The number of hydrogen-bond donors (Lipinski definition) is 1. The van der Waals surface area contributed by atoms with Crippen LogP contribution in [0.25, 0.3) is 0 Å². The molecule has 0 heterocycles. The maximum atomic E-state index is 5.49. The lowest BCUT2D eigenvalue weighted by Crippen LogP contribution is -2.41. The van der Waals surface area contributed by atoms with Gasteiger partial charge in [0.15, 0.2) is 0 Å². The molecule has 1 rings (SSSR count). The van der Waals surface area contributed by atoms with Gasteiger partial charge < -0.3 is 5.32 Å². The zero-order chi connectivity index (χ0) is 13.8. The molecular weight excluding hydrogens is 254 g/mol. The highest BCUT2D eigenvalue weighted by Gasteiger charge is 2.35. The maximum absolute atomic E-state index is 5.49. The van der Waals surface area contributed by atoms with Crippen LogP contribution < -0.4 is 5.32 Å². The molecule has 0 saturated carbocycles. The highest BCUT2D eigenvalue weighted by Crippen LogP contribution is 2.38. The molecule has 18 heavy (non-hydrogen) atoms. The van der Waals surface area contributed by atoms with Crippen LogP contribution in [0.1, 0.15) is 26.3 Å². The van der Waals surface area contributed by atoms with E-state index in [0.717, 1.165) is 17.6 Å². The summed E-state index contributed by atoms with van der Waals surface area (Å²) in [5.41, 5.74) is 1.29. The van der Waals surface area contributed by atoms with E-state index in [2.05, 4.69) is 63.4 Å². The second-order valence-electron chi connectivity index (χ2n) is 6.57. The largest absolute Gasteiger partial charge is 0.376 e. The smallest absolute Gasteiger partial charge is 0.0729 e. The molecule has 3 heteroatoms. The van der Waals surface area contributed by atoms with E-state index in [1.165, 1.54) is 5.56 Å². The van der Waals surface area contributed by atoms with E-state index < -0.39 is 8.07 Å². The first-order chi connectivity index (χ1) is 8.22. The van der Waals surface area contributed by atoms with Crippen molar-refractivity contribution in [1.82, 2.24) is 5.32 Å². The third-order valence-corrected chi connectivity index (χ3v) is 9.81. The molecule has 0 bridgehead atoms. The molecule has 0 fully saturated rings. The fourth-order valence-corrected chi connectivity index (χ4v) is 4.14. The molecule has 0 aliphatic heterocycles. The van der Waals surface area contributed by atoms with Crippen LogP contribution in [0.5, 0.6) is 0 Å². The van der Waals surface area contributed by atoms with Crippen molar-refractivity contribution < 1.29 is 0 Å². The van der Waals surface area contributed by atoms with Crippen LogP contribution in [-0.2, 0) is 6.54 Å². The van der Waals surface area contributed by atoms with E-state index in [1.54, 1.807) is 0 Å². The molecule has 100 valence electrons. The lowest BCUT2D eigenvalue weighted by Gasteiger charge is -2.37. The van der Waals surface area contributed by atoms with Crippen molar-refractivity contribution in [2.75, 3.05) is 0 Å². The van der Waals surface area contributed by atoms with Crippen LogP contribution in [-0.4, -0.2) is 13.1 Å². The van der Waals surface area contributed by atoms with Crippen molar-refractivity contribution in [3.8, 4) is 0 Å². The highest BCUT2D eigenvalue weighted by atomic mass is 32.1. The summed E-state index contributed by atoms with van der Waals surface area (Å²) in [6.45, 7) is 12.7. The SMILES string of the molecule is CC(C)(C)[Si](C)(C)CC(=S)NCc1ccccc1. The normalized spacial score (nSPS) is 12.3. The molecule has 0 spiro atoms. The van der Waals surface area contributed by atoms with Crippen LogP contribution in [0.4, 0.5) is 0 Å². The average Bonchev–Trinajstić information content (AvgIpc) is 2.26. The molecule has 0 aliphatic rings. The summed E-state index contributed by atoms with van der Waals surface area (Å²) < 4.78 is 0. The van der Waals surface area contributed by atoms with Gasteiger partial charge in [-0.3, -0.25) is 0 Å². The first-order valence-corrected chi connectivity index (χ1v) is 10.1. The van der Waals surface area contributed by atoms with Gasteiger partial charge in [-0.1, -0.05) is 76.4 Å². The van der Waals surface area contributed by atoms with Crippen molar-refractivity contribution in [1.29, 1.82) is 0 Å². The number of nitrogens with one attached hydrogen (secondary N) is 1. The fourth-order valence-electron chi connectivity index (χ4n) is 1.53. The number of rotatable bonds is 4. The minimum absolute atomic E-state index is 0.394. The average molecular weight is 280 g/mol. The van der Waals surface area contributed by atoms with Crippen molar-refractivity contribution in [2.24, 2.45) is 0 Å². The van der Waals surface area contributed by atoms with Crippen LogP contribution in [0, 0.1) is 0 Å². The minimum Gasteiger partial charge on any atom is -0.376 e. The Balaban J connectivity index is 2.48. The molecule has 0 aromatic heterocycles. The molecule has 1 N–H and O–H groups in total. The zero-order valence-electron chi connectivity index (χ0n) is 12.2. The summed E-state index contributed by atoms with van der Waals surface area (Å²) in [5, 5.41) is 3.79. The Kier molecular flexibility index (Phi) is 5.11. The third-order valence-electron chi connectivity index (χ3n) is 3.97. The zero-order valence-corrected chi connectivity index (χ0v) is 14.0. The van der Waals surface area contributed by atoms with E-state index in [-0.39, 0.29) is 0 Å². The van der Waals surface area contributed by atoms with E-state index in [9.17, 15) is 0 Å². The van der Waals surface area contributed by atoms with Crippen molar-refractivity contribution in [3.05, 3.63) is 35.9 Å². The summed E-state index contributed by atoms with van der Waals surface area (Å²) >= 11 is 5.49. The predicted octanol–water partition coefficient (Wildman–Crippen LogP) is 4.61. The van der Waals surface area contributed by atoms with E-state index in [1.807, 2.05) is 6.07 Å². The fraction of sp³-hybridized carbons (Fsp3) is 0.533. The van der Waals surface area contributed by atoms with Crippen molar-refractivity contribution in [2.45, 2.75) is 51.5 Å². The molecule has 0 atom stereocenters. The van der Waals surface area contributed by atoms with Gasteiger partial charge in [0.1, 0.15) is 0 Å². The Hall–Kier alpha value is -0.673. The Bertz CT molecular complexity index is 393. The van der Waals surface area contributed by atoms with Gasteiger partial charge in [-0.25, -0.2) is 0 Å². The van der Waals surface area contributed by atoms with Crippen LogP contribution in [0.15, 0.2) is 30.3 Å². The number of thiocarbonyl (C=S) groups is 1. The van der Waals surface area contributed by atoms with Gasteiger partial charge in [-0.2, -0.15) is 0 Å². The van der Waals surface area contributed by atoms with Crippen molar-refractivity contribution in [3.63, 3.8) is 0 Å². The number of benzene rings is 1. The topological polar surface area (TPSA) is 12.0 Å². The minimum atomic E-state index is -1.31. The van der Waals surface area contributed by atoms with Gasteiger partial charge >= 0.3 is 0 Å². The van der Waals surface area contributed by atoms with Gasteiger partial charge in [0.05, 0.1) is 13.1 Å². The Morgan fingerprint density at radius 3 is 2.22 bits per heavy atom. The Morgan fingerprint density at radius 1 is 1.17 bits per heavy atom. The Morgan fingerprint density at radius 2 is 1.72 bits per heavy atom. The second kappa shape index (κ2) is 5.98. The first-order valence-electron chi connectivity index (χ1n) is 6.53. The van der Waals surface area contributed by atoms with Gasteiger partial charge in [-0.15, -0.1) is 0 Å². The molecule has 0 amide bonds. The van der Waals surface area contributed by atoms with E-state index in [4.69, 9.17) is 12.2 Å². The molecule has 1 aromatic carbocycles. The van der Waals surface area contributed by atoms with E-state index in [0.29, 0.717) is 5.04 Å². The summed E-state index contributed by atoms with van der Waals surface area (Å²) in [7, 11) is -1.31. The maximum Gasteiger partial charge on any atom is 0.0729 e. The van der Waals surface area contributed by atoms with Crippen LogP contribution in [0.2, 0.25) is 24.2 Å². The van der Waals surface area contributed by atoms with Crippen LogP contribution >= 0.6 is 12.2 Å². The van der Waals surface area contributed by atoms with Gasteiger partial charge in [0.2, 0.25) is 0 Å². The van der Waals surface area contributed by atoms with Crippen LogP contribution in [0.3, 0.4) is 0 Å². The predicted molar refractivity (Wildman–Crippen MR) is 87.9 cm³/mol. The van der Waals surface area contributed by atoms with E-state index >= 15 is 0 Å². The third kappa shape index (κ3) is 4.54. The quantitative estimate of drug-likeness (QED) is 0.638.